The third-order valence-electron chi connectivity index (χ3n) is 4.53. The second kappa shape index (κ2) is 11.2. The van der Waals surface area contributed by atoms with Gasteiger partial charge < -0.3 is 14.8 Å². The Labute approximate surface area is 196 Å². The second-order valence-corrected chi connectivity index (χ2v) is 7.86. The minimum atomic E-state index is -0.277. The molecule has 0 aliphatic rings. The van der Waals surface area contributed by atoms with E-state index in [1.54, 1.807) is 24.3 Å². The van der Waals surface area contributed by atoms with Gasteiger partial charge in [0.1, 0.15) is 0 Å². The number of ether oxygens (including phenoxy) is 2. The molecule has 0 aliphatic heterocycles. The van der Waals surface area contributed by atoms with Crippen LogP contribution < -0.4 is 14.8 Å². The predicted octanol–water partition coefficient (Wildman–Crippen LogP) is 6.24. The molecular weight excluding hydrogens is 468 g/mol. The maximum Gasteiger partial charge on any atom is 0.262 e. The molecule has 0 aliphatic carbocycles. The highest BCUT2D eigenvalue weighted by atomic mass is 79.9. The molecule has 32 heavy (non-hydrogen) atoms. The zero-order valence-electron chi connectivity index (χ0n) is 17.9. The van der Waals surface area contributed by atoms with E-state index in [0.29, 0.717) is 33.8 Å². The van der Waals surface area contributed by atoms with Crippen LogP contribution in [0.15, 0.2) is 71.2 Å². The number of anilines is 1. The highest BCUT2D eigenvalue weighted by Crippen LogP contribution is 2.38. The molecule has 0 bridgehead atoms. The van der Waals surface area contributed by atoms with E-state index in [9.17, 15) is 10.1 Å². The van der Waals surface area contributed by atoms with E-state index in [1.807, 2.05) is 62.4 Å². The second-order valence-electron chi connectivity index (χ2n) is 7.00. The highest BCUT2D eigenvalue weighted by Gasteiger charge is 2.14. The fourth-order valence-electron chi connectivity index (χ4n) is 3.01. The molecule has 3 aromatic rings. The topological polar surface area (TPSA) is 71.3 Å². The number of nitrogens with one attached hydrogen (secondary N) is 1. The Bertz CT molecular complexity index is 1150. The van der Waals surface area contributed by atoms with Crippen molar-refractivity contribution in [1.82, 2.24) is 0 Å². The van der Waals surface area contributed by atoms with Gasteiger partial charge in [0.2, 0.25) is 0 Å². The van der Waals surface area contributed by atoms with Crippen LogP contribution in [-0.4, -0.2) is 19.1 Å². The van der Waals surface area contributed by atoms with E-state index in [-0.39, 0.29) is 12.5 Å². The van der Waals surface area contributed by atoms with Crippen LogP contribution in [0.1, 0.15) is 23.6 Å². The number of rotatable bonds is 8. The number of amides is 1. The molecule has 0 saturated heterocycles. The number of hydrogen-bond acceptors (Lipinski definition) is 4. The predicted molar refractivity (Wildman–Crippen MR) is 131 cm³/mol. The summed E-state index contributed by atoms with van der Waals surface area (Å²) in [5.41, 5.74) is 3.98. The van der Waals surface area contributed by atoms with E-state index in [4.69, 9.17) is 9.47 Å². The zero-order valence-corrected chi connectivity index (χ0v) is 19.5. The first kappa shape index (κ1) is 23.1. The minimum Gasteiger partial charge on any atom is -0.490 e. The Kier molecular flexibility index (Phi) is 8.07. The first-order chi connectivity index (χ1) is 15.5. The average Bonchev–Trinajstić information content (AvgIpc) is 2.78. The number of carbonyl (C=O) groups excluding carboxylic acids is 1. The van der Waals surface area contributed by atoms with E-state index in [2.05, 4.69) is 27.3 Å². The molecule has 6 heteroatoms. The summed E-state index contributed by atoms with van der Waals surface area (Å²) in [7, 11) is 0. The van der Waals surface area contributed by atoms with Crippen molar-refractivity contribution < 1.29 is 14.3 Å². The average molecular weight is 491 g/mol. The van der Waals surface area contributed by atoms with Crippen molar-refractivity contribution in [1.29, 1.82) is 5.26 Å². The summed E-state index contributed by atoms with van der Waals surface area (Å²) in [6, 6.07) is 22.9. The van der Waals surface area contributed by atoms with Crippen molar-refractivity contribution in [2.24, 2.45) is 0 Å². The molecule has 3 aromatic carbocycles. The van der Waals surface area contributed by atoms with Crippen LogP contribution in [0.3, 0.4) is 0 Å². The van der Waals surface area contributed by atoms with E-state index in [1.165, 1.54) is 0 Å². The third kappa shape index (κ3) is 6.22. The summed E-state index contributed by atoms with van der Waals surface area (Å²) >= 11 is 3.51. The lowest BCUT2D eigenvalue weighted by atomic mass is 10.0. The van der Waals surface area contributed by atoms with Crippen LogP contribution in [0.2, 0.25) is 0 Å². The van der Waals surface area contributed by atoms with Gasteiger partial charge in [0.15, 0.2) is 18.1 Å². The molecule has 162 valence electrons. The molecule has 0 fully saturated rings. The summed E-state index contributed by atoms with van der Waals surface area (Å²) in [4.78, 5) is 12.3. The van der Waals surface area contributed by atoms with Gasteiger partial charge in [0.05, 0.1) is 22.7 Å². The van der Waals surface area contributed by atoms with Crippen molar-refractivity contribution in [3.63, 3.8) is 0 Å². The molecule has 0 heterocycles. The summed E-state index contributed by atoms with van der Waals surface area (Å²) in [6.07, 6.45) is 1.80. The molecule has 0 unspecified atom stereocenters. The molecule has 1 amide bonds. The van der Waals surface area contributed by atoms with E-state index < -0.39 is 0 Å². The van der Waals surface area contributed by atoms with Crippen molar-refractivity contribution in [3.05, 3.63) is 87.9 Å². The molecule has 0 saturated carbocycles. The fourth-order valence-corrected chi connectivity index (χ4v) is 3.58. The molecule has 0 atom stereocenters. The fraction of sp³-hybridized carbons (Fsp3) is 0.154. The molecule has 3 rings (SSSR count). The van der Waals surface area contributed by atoms with E-state index in [0.717, 1.165) is 16.7 Å². The zero-order chi connectivity index (χ0) is 22.9. The largest absolute Gasteiger partial charge is 0.490 e. The van der Waals surface area contributed by atoms with Gasteiger partial charge in [-0.3, -0.25) is 4.79 Å². The van der Waals surface area contributed by atoms with Crippen LogP contribution in [0.25, 0.3) is 11.6 Å². The molecule has 5 nitrogen and oxygen atoms in total. The van der Waals surface area contributed by atoms with Crippen LogP contribution in [0.4, 0.5) is 5.69 Å². The molecular formula is C26H23BrN2O3. The number of benzene rings is 3. The third-order valence-corrected chi connectivity index (χ3v) is 5.12. The Morgan fingerprint density at radius 1 is 1.09 bits per heavy atom. The molecule has 0 radical (unpaired) electrons. The van der Waals surface area contributed by atoms with Crippen LogP contribution in [0.5, 0.6) is 11.5 Å². The number of hydrogen-bond donors (Lipinski definition) is 1. The normalized spacial score (nSPS) is 10.9. The van der Waals surface area contributed by atoms with Gasteiger partial charge in [0, 0.05) is 5.69 Å². The monoisotopic (exact) mass is 490 g/mol. The number of nitriles is 1. The number of para-hydroxylation sites is 1. The number of nitrogens with zero attached hydrogens (tertiary/aromatic N) is 1. The summed E-state index contributed by atoms with van der Waals surface area (Å²) in [5, 5.41) is 12.4. The van der Waals surface area contributed by atoms with Gasteiger partial charge in [-0.15, -0.1) is 0 Å². The number of allylic oxidation sites excluding steroid dienone is 1. The smallest absolute Gasteiger partial charge is 0.262 e. The number of halogens is 1. The highest BCUT2D eigenvalue weighted by molar-refractivity contribution is 9.10. The minimum absolute atomic E-state index is 0.171. The SMILES string of the molecule is CCOc1cc(/C=C(/C#N)c2ccc(C)cc2)cc(Br)c1OCC(=O)Nc1ccccc1. The van der Waals surface area contributed by atoms with Crippen LogP contribution in [0, 0.1) is 18.3 Å². The Balaban J connectivity index is 1.82. The Morgan fingerprint density at radius 3 is 2.47 bits per heavy atom. The number of carbonyl (C=O) groups is 1. The Morgan fingerprint density at radius 2 is 1.81 bits per heavy atom. The lowest BCUT2D eigenvalue weighted by Crippen LogP contribution is -2.20. The van der Waals surface area contributed by atoms with Crippen molar-refractivity contribution in [2.75, 3.05) is 18.5 Å². The van der Waals surface area contributed by atoms with Gasteiger partial charge in [-0.05, 0) is 71.2 Å². The summed E-state index contributed by atoms with van der Waals surface area (Å²) < 4.78 is 12.1. The molecule has 1 N–H and O–H groups in total. The van der Waals surface area contributed by atoms with Crippen LogP contribution >= 0.6 is 15.9 Å². The summed E-state index contributed by atoms with van der Waals surface area (Å²) in [6.45, 7) is 4.13. The van der Waals surface area contributed by atoms with Crippen LogP contribution in [-0.2, 0) is 4.79 Å². The lowest BCUT2D eigenvalue weighted by molar-refractivity contribution is -0.118. The van der Waals surface area contributed by atoms with Crippen molar-refractivity contribution in [3.8, 4) is 17.6 Å². The van der Waals surface area contributed by atoms with Gasteiger partial charge >= 0.3 is 0 Å². The quantitative estimate of drug-likeness (QED) is 0.299. The van der Waals surface area contributed by atoms with Crippen molar-refractivity contribution in [2.45, 2.75) is 13.8 Å². The standard InChI is InChI=1S/C26H23BrN2O3/c1-3-31-24-15-19(13-21(16-28)20-11-9-18(2)10-12-20)14-23(27)26(24)32-17-25(30)29-22-7-5-4-6-8-22/h4-15H,3,17H2,1-2H3,(H,29,30)/b21-13-. The number of aryl methyl sites for hydroxylation is 1. The summed E-state index contributed by atoms with van der Waals surface area (Å²) in [5.74, 6) is 0.642. The first-order valence-corrected chi connectivity index (χ1v) is 10.9. The van der Waals surface area contributed by atoms with Gasteiger partial charge in [-0.1, -0.05) is 48.0 Å². The van der Waals surface area contributed by atoms with Crippen molar-refractivity contribution >= 4 is 39.2 Å². The Hall–Kier alpha value is -3.56. The molecule has 0 spiro atoms. The van der Waals surface area contributed by atoms with E-state index >= 15 is 0 Å². The maximum atomic E-state index is 12.3. The van der Waals surface area contributed by atoms with Gasteiger partial charge in [-0.2, -0.15) is 5.26 Å². The van der Waals surface area contributed by atoms with Gasteiger partial charge in [-0.25, -0.2) is 0 Å². The molecule has 0 aromatic heterocycles. The lowest BCUT2D eigenvalue weighted by Gasteiger charge is -2.15. The first-order valence-electron chi connectivity index (χ1n) is 10.1. The van der Waals surface area contributed by atoms with Gasteiger partial charge in [0.25, 0.3) is 5.91 Å². The maximum absolute atomic E-state index is 12.3.